The van der Waals surface area contributed by atoms with Crippen molar-refractivity contribution >= 4 is 126 Å². The van der Waals surface area contributed by atoms with E-state index in [4.69, 9.17) is 67.5 Å². The van der Waals surface area contributed by atoms with Gasteiger partial charge in [-0.05, 0) is 257 Å². The number of hydrogen-bond donors (Lipinski definition) is 6. The van der Waals surface area contributed by atoms with Gasteiger partial charge in [0.2, 0.25) is 17.7 Å². The molecule has 0 aliphatic carbocycles. The van der Waals surface area contributed by atoms with E-state index in [0.29, 0.717) is 119 Å². The largest absolute Gasteiger partial charge is 0.497 e. The fraction of sp³-hybridized carbons (Fsp3) is 0.449. The Kier molecular flexibility index (Phi) is 34.5. The molecule has 9 aromatic rings. The molecule has 0 spiro atoms. The molecule has 9 aromatic carbocycles. The van der Waals surface area contributed by atoms with E-state index in [1.807, 2.05) is 143 Å². The van der Waals surface area contributed by atoms with Gasteiger partial charge < -0.3 is 70.8 Å². The van der Waals surface area contributed by atoms with Gasteiger partial charge in [0.1, 0.15) is 11.5 Å². The number of carbonyl (C=O) groups is 6. The van der Waals surface area contributed by atoms with Gasteiger partial charge in [-0.25, -0.2) is 0 Å². The maximum absolute atomic E-state index is 13.9. The summed E-state index contributed by atoms with van der Waals surface area (Å²) in [5.41, 5.74) is 4.82. The summed E-state index contributed by atoms with van der Waals surface area (Å²) in [5.74, 6) is 1.58. The summed E-state index contributed by atoms with van der Waals surface area (Å²) >= 11 is 31.1. The van der Waals surface area contributed by atoms with Crippen LogP contribution in [0.25, 0.3) is 32.3 Å². The normalized spacial score (nSPS) is 20.5. The Morgan fingerprint density at radius 3 is 1.28 bits per heavy atom. The van der Waals surface area contributed by atoms with E-state index in [2.05, 4.69) is 82.7 Å². The van der Waals surface area contributed by atoms with Crippen molar-refractivity contribution in [2.24, 2.45) is 0 Å². The Morgan fingerprint density at radius 1 is 0.407 bits per heavy atom. The maximum Gasteiger partial charge on any atom is 0.255 e. The zero-order valence-electron chi connectivity index (χ0n) is 71.2. The maximum atomic E-state index is 13.9. The minimum atomic E-state index is -0.341. The number of piperidine rings is 3. The topological polar surface area (TPSA) is 212 Å². The Morgan fingerprint density at radius 2 is 0.813 bits per heavy atom. The van der Waals surface area contributed by atoms with Crippen LogP contribution in [0.15, 0.2) is 176 Å². The highest BCUT2D eigenvalue weighted by atomic mass is 35.5. The first-order valence-electron chi connectivity index (χ1n) is 44.2. The van der Waals surface area contributed by atoms with Gasteiger partial charge in [0, 0.05) is 144 Å². The lowest BCUT2D eigenvalue weighted by Gasteiger charge is -2.31. The molecule has 0 bridgehead atoms. The van der Waals surface area contributed by atoms with Gasteiger partial charge in [0.25, 0.3) is 17.7 Å². The molecule has 7 atom stereocenters. The molecule has 0 unspecified atom stereocenters. The fourth-order valence-corrected chi connectivity index (χ4v) is 19.4. The van der Waals surface area contributed by atoms with Crippen LogP contribution in [-0.4, -0.2) is 220 Å². The van der Waals surface area contributed by atoms with Gasteiger partial charge in [-0.1, -0.05) is 169 Å². The lowest BCUT2D eigenvalue weighted by molar-refractivity contribution is -0.134. The van der Waals surface area contributed by atoms with Crippen molar-refractivity contribution in [3.8, 4) is 11.5 Å². The molecule has 6 heterocycles. The van der Waals surface area contributed by atoms with Crippen molar-refractivity contribution < 1.29 is 38.2 Å². The number of nitrogens with zero attached hydrogens (tertiary/aromatic N) is 6. The van der Waals surface area contributed by atoms with E-state index in [1.54, 1.807) is 32.4 Å². The van der Waals surface area contributed by atoms with E-state index >= 15 is 0 Å². The zero-order valence-corrected chi connectivity index (χ0v) is 74.9. The first-order chi connectivity index (χ1) is 59.8. The monoisotopic (exact) mass is 1770 g/mol. The Bertz CT molecular complexity index is 5010. The number of rotatable bonds is 28. The fourth-order valence-electron chi connectivity index (χ4n) is 18.1. The number of halogens is 5. The van der Waals surface area contributed by atoms with E-state index in [1.165, 1.54) is 63.4 Å². The van der Waals surface area contributed by atoms with Crippen molar-refractivity contribution in [3.05, 3.63) is 234 Å². The SMILES string of the molecule is CC[C@H](CN1CC[13C@@H]([13CH2][15NH]C(=O)c2ccc3cc(Cl)ccc3c2)N[C@@H](CCN2CCCCC2)C1=O)c1ccccc1.COc1c(C(=O)NC[C@@H]2CCN(Cc3cc(Cl)cc(Cl)c3)C(=O)[C@H](CCN3CCCCC3)N2)ccc2ccccc12.COc1ccc2cc(C(=O)NC[C@@H]3CCN(Cc4cc(Cl)cc(Cl)c4)C(=O)[C@H](CCN4CCCCC4)N3)ccc2c1. The third-order valence-corrected chi connectivity index (χ3v) is 26.1. The van der Waals surface area contributed by atoms with E-state index in [-0.39, 0.29) is 71.7 Å². The number of carbonyl (C=O) groups excluding carboxylic acids is 6. The third-order valence-electron chi connectivity index (χ3n) is 25.0. The molecule has 0 saturated carbocycles. The smallest absolute Gasteiger partial charge is 0.255 e. The van der Waals surface area contributed by atoms with Crippen molar-refractivity contribution in [2.75, 3.05) is 119 Å². The van der Waals surface area contributed by atoms with Crippen LogP contribution in [0.5, 0.6) is 11.5 Å². The summed E-state index contributed by atoms with van der Waals surface area (Å²) in [6.07, 6.45) is 16.6. The standard InChI is InChI=1S/C34H43ClN4O2.2C32H38Cl2N4O3/c1-2-25(26-9-5-3-6-10-26)24-39-20-15-31(37-32(34(39)41)16-19-38-17-7-4-8-18-38)23-36-33(40)29-12-11-28-22-30(35)14-13-27(28)21-29;1-41-30-27-8-4-3-7-23(27)9-10-28(30)31(39)35-20-26-11-16-38(21-22-17-24(33)19-25(34)18-22)32(40)29(36-26)12-15-37-13-5-2-6-14-37;1-41-29-8-7-23-17-25(6-5-24(23)18-29)31(39)35-20-28-9-14-38(21-22-15-26(33)19-27(34)16-22)32(40)30(36-28)10-13-37-11-3-2-4-12-37/h3,5-6,9-14,21-22,25,31-32,37H,2,4,7-8,15-20,23-24H2,1H3,(H,36,40);3-4,7-10,17-19,26,29,36H,2,5-6,11-16,20-21H2,1H3,(H,35,39);5-8,15-19,28,30,36H,2-4,9-14,20-21H2,1H3,(H,35,39)/t25-,31+,32+;26-,29-;28-,30-/m100/s1/i23+1,31+1,36+1;;. The lowest BCUT2D eigenvalue weighted by atomic mass is 9.95. The molecular formula is C98H119Cl5N12O8. The Balaban J connectivity index is 0.000000159. The average molecular weight is 1770 g/mol. The third kappa shape index (κ3) is 26.5. The minimum Gasteiger partial charge on any atom is -0.497 e. The quantitative estimate of drug-likeness (QED) is 0.0199. The number of amides is 6. The first kappa shape index (κ1) is 92.1. The number of likely N-dealkylation sites (tertiary alicyclic amines) is 3. The van der Waals surface area contributed by atoms with E-state index in [9.17, 15) is 28.8 Å². The van der Waals surface area contributed by atoms with Crippen LogP contribution in [0.4, 0.5) is 0 Å². The molecule has 6 amide bonds. The molecule has 0 radical (unpaired) electrons. The lowest BCUT2D eigenvalue weighted by Crippen LogP contribution is -2.50. The first-order valence-corrected chi connectivity index (χ1v) is 46.1. The molecule has 654 valence electrons. The summed E-state index contributed by atoms with van der Waals surface area (Å²) in [7, 11) is 3.23. The Labute approximate surface area is 750 Å². The van der Waals surface area contributed by atoms with Crippen LogP contribution >= 0.6 is 58.0 Å². The number of benzene rings is 9. The molecular weight excluding hydrogens is 1650 g/mol. The van der Waals surface area contributed by atoms with Gasteiger partial charge in [-0.15, -0.1) is 0 Å². The van der Waals surface area contributed by atoms with Gasteiger partial charge >= 0.3 is 0 Å². The Hall–Kier alpha value is -8.61. The van der Waals surface area contributed by atoms with Crippen molar-refractivity contribution in [1.29, 1.82) is 0 Å². The van der Waals surface area contributed by atoms with Crippen LogP contribution in [0, 0.1) is 0 Å². The second-order valence-electron chi connectivity index (χ2n) is 33.7. The molecule has 0 aromatic heterocycles. The van der Waals surface area contributed by atoms with E-state index < -0.39 is 0 Å². The van der Waals surface area contributed by atoms with E-state index in [0.717, 1.165) is 147 Å². The van der Waals surface area contributed by atoms with Crippen molar-refractivity contribution in [1.82, 2.24) is 61.3 Å². The second-order valence-corrected chi connectivity index (χ2v) is 35.9. The summed E-state index contributed by atoms with van der Waals surface area (Å²) in [5, 5.41) is 29.0. The van der Waals surface area contributed by atoms with Gasteiger partial charge in [0.05, 0.1) is 37.9 Å². The number of fused-ring (bicyclic) bond motifs is 3. The number of ether oxygens (including phenoxy) is 2. The second kappa shape index (κ2) is 46.0. The highest BCUT2D eigenvalue weighted by Gasteiger charge is 2.36. The molecule has 15 rings (SSSR count). The van der Waals surface area contributed by atoms with Gasteiger partial charge in [-0.2, -0.15) is 0 Å². The van der Waals surface area contributed by atoms with Crippen molar-refractivity contribution in [2.45, 2.75) is 165 Å². The number of methoxy groups -OCH3 is 2. The molecule has 25 heteroatoms. The van der Waals surface area contributed by atoms with Crippen LogP contribution in [-0.2, 0) is 27.5 Å². The zero-order chi connectivity index (χ0) is 86.1. The molecule has 123 heavy (non-hydrogen) atoms. The number of nitrogens with one attached hydrogen (secondary N) is 6. The predicted octanol–water partition coefficient (Wildman–Crippen LogP) is 16.9. The van der Waals surface area contributed by atoms with Crippen LogP contribution in [0.3, 0.4) is 0 Å². The summed E-state index contributed by atoms with van der Waals surface area (Å²) in [4.78, 5) is 94.3. The predicted molar refractivity (Wildman–Crippen MR) is 497 cm³/mol. The molecule has 6 N–H and O–H groups in total. The molecule has 20 nitrogen and oxygen atoms in total. The highest BCUT2D eigenvalue weighted by Crippen LogP contribution is 2.33. The minimum absolute atomic E-state index is 0.0234. The summed E-state index contributed by atoms with van der Waals surface area (Å²) < 4.78 is 11.0. The average Bonchev–Trinajstić information content (AvgIpc) is 1.40. The molecule has 6 fully saturated rings. The molecule has 6 aliphatic heterocycles. The van der Waals surface area contributed by atoms with Crippen molar-refractivity contribution in [3.63, 3.8) is 0 Å². The molecule has 6 saturated heterocycles. The van der Waals surface area contributed by atoms with Gasteiger partial charge in [-0.3, -0.25) is 28.8 Å². The van der Waals surface area contributed by atoms with Crippen LogP contribution in [0.2, 0.25) is 25.1 Å². The number of hydrogen-bond acceptors (Lipinski definition) is 14. The summed E-state index contributed by atoms with van der Waals surface area (Å²) in [6, 6.07) is 54.8. The van der Waals surface area contributed by atoms with Crippen LogP contribution < -0.4 is 41.4 Å². The molecule has 6 aliphatic rings. The summed E-state index contributed by atoms with van der Waals surface area (Å²) in [6.45, 7) is 16.2. The van der Waals surface area contributed by atoms with Crippen LogP contribution in [0.1, 0.15) is 163 Å². The van der Waals surface area contributed by atoms with Gasteiger partial charge in [0.15, 0.2) is 0 Å². The highest BCUT2D eigenvalue weighted by molar-refractivity contribution is 6.35.